The highest BCUT2D eigenvalue weighted by molar-refractivity contribution is 7.26. The Morgan fingerprint density at radius 3 is 1.33 bits per heavy atom. The molecule has 0 fully saturated rings. The molecule has 5 nitrogen and oxygen atoms in total. The van der Waals surface area contributed by atoms with Crippen LogP contribution in [0.1, 0.15) is 0 Å². The Balaban J connectivity index is 1.10. The Hall–Kier alpha value is -7.15. The first-order valence-corrected chi connectivity index (χ1v) is 19.0. The third-order valence-corrected chi connectivity index (χ3v) is 10.9. The predicted octanol–water partition coefficient (Wildman–Crippen LogP) is 12.7. The van der Waals surface area contributed by atoms with E-state index in [-0.39, 0.29) is 0 Å². The fraction of sp³-hybridized carbons (Fsp3) is 0. The summed E-state index contributed by atoms with van der Waals surface area (Å²) in [5.74, 6) is 2.62. The number of hydrogen-bond acceptors (Lipinski definition) is 6. The molecule has 0 saturated carbocycles. The molecule has 0 aliphatic carbocycles. The average Bonchev–Trinajstić information content (AvgIpc) is 3.66. The fourth-order valence-electron chi connectivity index (χ4n) is 7.03. The van der Waals surface area contributed by atoms with Crippen molar-refractivity contribution in [3.8, 4) is 79.2 Å². The van der Waals surface area contributed by atoms with E-state index in [9.17, 15) is 0 Å². The maximum atomic E-state index is 5.21. The Morgan fingerprint density at radius 2 is 0.745 bits per heavy atom. The van der Waals surface area contributed by atoms with Gasteiger partial charge in [0.2, 0.25) is 0 Å². The predicted molar refractivity (Wildman–Crippen MR) is 226 cm³/mol. The van der Waals surface area contributed by atoms with Crippen molar-refractivity contribution in [2.24, 2.45) is 0 Å². The molecule has 55 heavy (non-hydrogen) atoms. The van der Waals surface area contributed by atoms with Gasteiger partial charge in [-0.25, -0.2) is 24.9 Å². The van der Waals surface area contributed by atoms with E-state index >= 15 is 0 Å². The Labute approximate surface area is 322 Å². The van der Waals surface area contributed by atoms with Crippen molar-refractivity contribution in [3.05, 3.63) is 188 Å². The largest absolute Gasteiger partial charge is 0.228 e. The van der Waals surface area contributed by atoms with Crippen LogP contribution in [0.15, 0.2) is 188 Å². The molecule has 10 rings (SSSR count). The van der Waals surface area contributed by atoms with Gasteiger partial charge in [-0.3, -0.25) is 0 Å². The molecule has 0 N–H and O–H groups in total. The summed E-state index contributed by atoms with van der Waals surface area (Å²) < 4.78 is 2.33. The van der Waals surface area contributed by atoms with Crippen LogP contribution < -0.4 is 0 Å². The molecule has 7 aromatic carbocycles. The lowest BCUT2D eigenvalue weighted by Gasteiger charge is -2.11. The average molecular weight is 722 g/mol. The lowest BCUT2D eigenvalue weighted by atomic mass is 9.99. The van der Waals surface area contributed by atoms with E-state index in [0.717, 1.165) is 54.9 Å². The Bertz CT molecular complexity index is 2890. The van der Waals surface area contributed by atoms with Crippen molar-refractivity contribution in [1.82, 2.24) is 24.9 Å². The first-order valence-electron chi connectivity index (χ1n) is 18.2. The molecule has 0 atom stereocenters. The molecule has 0 aliphatic rings. The van der Waals surface area contributed by atoms with Crippen LogP contribution >= 0.6 is 11.3 Å². The molecule has 10 aromatic rings. The van der Waals surface area contributed by atoms with Crippen LogP contribution in [0.25, 0.3) is 99.4 Å². The number of nitrogens with zero attached hydrogens (tertiary/aromatic N) is 5. The minimum absolute atomic E-state index is 0.638. The van der Waals surface area contributed by atoms with E-state index in [2.05, 4.69) is 103 Å². The summed E-state index contributed by atoms with van der Waals surface area (Å²) in [5, 5.41) is 2.33. The molecule has 3 aromatic heterocycles. The monoisotopic (exact) mass is 721 g/mol. The summed E-state index contributed by atoms with van der Waals surface area (Å²) in [6.45, 7) is 0. The van der Waals surface area contributed by atoms with E-state index in [1.54, 1.807) is 11.3 Å². The number of aromatic nitrogens is 5. The quantitative estimate of drug-likeness (QED) is 0.164. The van der Waals surface area contributed by atoms with Crippen LogP contribution in [0.4, 0.5) is 0 Å². The second-order valence-corrected chi connectivity index (χ2v) is 14.4. The van der Waals surface area contributed by atoms with Crippen LogP contribution in [0.5, 0.6) is 0 Å². The van der Waals surface area contributed by atoms with Gasteiger partial charge in [0.15, 0.2) is 23.3 Å². The van der Waals surface area contributed by atoms with Gasteiger partial charge >= 0.3 is 0 Å². The van der Waals surface area contributed by atoms with Crippen LogP contribution in [0.2, 0.25) is 0 Å². The molecule has 258 valence electrons. The van der Waals surface area contributed by atoms with Gasteiger partial charge in [0, 0.05) is 53.6 Å². The highest BCUT2D eigenvalue weighted by Crippen LogP contribution is 2.42. The molecule has 6 heteroatoms. The first-order chi connectivity index (χ1) is 27.2. The minimum atomic E-state index is 0.638. The van der Waals surface area contributed by atoms with Crippen molar-refractivity contribution in [2.45, 2.75) is 0 Å². The fourth-order valence-corrected chi connectivity index (χ4v) is 8.20. The number of hydrogen-bond donors (Lipinski definition) is 0. The Kier molecular flexibility index (Phi) is 8.28. The highest BCUT2D eigenvalue weighted by Gasteiger charge is 2.18. The second-order valence-electron chi connectivity index (χ2n) is 13.3. The molecular formula is C49H31N5S. The lowest BCUT2D eigenvalue weighted by molar-refractivity contribution is 1.07. The SMILES string of the molecule is c1ccc(-c2ccc(-c3cc(-c4cccc5sc6cc(-c7nc(-c8ccccc8)nc(-c8ccccc8)n7)ccc6c45)nc(-c4ccccc4)n3)cc2)cc1. The van der Waals surface area contributed by atoms with Crippen molar-refractivity contribution in [1.29, 1.82) is 0 Å². The molecule has 0 aliphatic heterocycles. The van der Waals surface area contributed by atoms with Crippen LogP contribution in [-0.4, -0.2) is 24.9 Å². The van der Waals surface area contributed by atoms with Gasteiger partial charge in [-0.1, -0.05) is 170 Å². The zero-order valence-electron chi connectivity index (χ0n) is 29.5. The maximum Gasteiger partial charge on any atom is 0.164 e. The highest BCUT2D eigenvalue weighted by atomic mass is 32.1. The van der Waals surface area contributed by atoms with E-state index in [1.807, 2.05) is 84.9 Å². The normalized spacial score (nSPS) is 11.3. The van der Waals surface area contributed by atoms with Gasteiger partial charge in [0.05, 0.1) is 11.4 Å². The lowest BCUT2D eigenvalue weighted by Crippen LogP contribution is -2.00. The number of fused-ring (bicyclic) bond motifs is 3. The molecule has 0 amide bonds. The van der Waals surface area contributed by atoms with E-state index in [1.165, 1.54) is 21.2 Å². The minimum Gasteiger partial charge on any atom is -0.228 e. The molecule has 3 heterocycles. The number of rotatable bonds is 7. The van der Waals surface area contributed by atoms with Gasteiger partial charge in [0.1, 0.15) is 0 Å². The summed E-state index contributed by atoms with van der Waals surface area (Å²) in [7, 11) is 0. The van der Waals surface area contributed by atoms with Gasteiger partial charge in [-0.05, 0) is 29.3 Å². The smallest absolute Gasteiger partial charge is 0.164 e. The van der Waals surface area contributed by atoms with Crippen molar-refractivity contribution < 1.29 is 0 Å². The number of thiophene rings is 1. The molecule has 0 saturated heterocycles. The number of benzene rings is 7. The third kappa shape index (κ3) is 6.35. The first kappa shape index (κ1) is 32.5. The van der Waals surface area contributed by atoms with Gasteiger partial charge in [-0.2, -0.15) is 0 Å². The van der Waals surface area contributed by atoms with Gasteiger partial charge in [-0.15, -0.1) is 11.3 Å². The summed E-state index contributed by atoms with van der Waals surface area (Å²) in [4.78, 5) is 25.2. The molecule has 0 radical (unpaired) electrons. The van der Waals surface area contributed by atoms with E-state index in [0.29, 0.717) is 23.3 Å². The van der Waals surface area contributed by atoms with Crippen LogP contribution in [-0.2, 0) is 0 Å². The van der Waals surface area contributed by atoms with Gasteiger partial charge in [0.25, 0.3) is 0 Å². The van der Waals surface area contributed by atoms with Crippen molar-refractivity contribution in [3.63, 3.8) is 0 Å². The molecule has 0 bridgehead atoms. The van der Waals surface area contributed by atoms with Crippen LogP contribution in [0, 0.1) is 0 Å². The third-order valence-electron chi connectivity index (χ3n) is 9.78. The zero-order valence-corrected chi connectivity index (χ0v) is 30.4. The van der Waals surface area contributed by atoms with E-state index in [4.69, 9.17) is 24.9 Å². The van der Waals surface area contributed by atoms with Crippen molar-refractivity contribution in [2.75, 3.05) is 0 Å². The van der Waals surface area contributed by atoms with Crippen molar-refractivity contribution >= 4 is 31.5 Å². The summed E-state index contributed by atoms with van der Waals surface area (Å²) in [5.41, 5.74) is 10.0. The van der Waals surface area contributed by atoms with Crippen LogP contribution in [0.3, 0.4) is 0 Å². The maximum absolute atomic E-state index is 5.21. The summed E-state index contributed by atoms with van der Waals surface area (Å²) in [6.07, 6.45) is 0. The summed E-state index contributed by atoms with van der Waals surface area (Å²) in [6, 6.07) is 64.6. The second kappa shape index (κ2) is 14.0. The molecule has 0 spiro atoms. The standard InChI is InChI=1S/C49H31N5S/c1-5-14-32(15-6-1)33-24-26-34(27-25-33)41-31-42(51-46(50-41)35-16-7-2-8-17-35)39-22-13-23-43-45(39)40-29-28-38(30-44(40)55-43)49-53-47(36-18-9-3-10-19-36)52-48(54-49)37-20-11-4-12-21-37/h1-31H. The molecular weight excluding hydrogens is 691 g/mol. The summed E-state index contributed by atoms with van der Waals surface area (Å²) >= 11 is 1.77. The molecule has 0 unspecified atom stereocenters. The zero-order chi connectivity index (χ0) is 36.6. The van der Waals surface area contributed by atoms with Gasteiger partial charge < -0.3 is 0 Å². The topological polar surface area (TPSA) is 64.5 Å². The van der Waals surface area contributed by atoms with E-state index < -0.39 is 0 Å². The Morgan fingerprint density at radius 1 is 0.291 bits per heavy atom.